The number of nitrogens with zero attached hydrogens (tertiary/aromatic N) is 2. The molecule has 1 aliphatic carbocycles. The molecule has 0 aromatic carbocycles. The summed E-state index contributed by atoms with van der Waals surface area (Å²) in [5.74, 6) is 2.71. The third kappa shape index (κ3) is 4.32. The van der Waals surface area contributed by atoms with Crippen LogP contribution in [0.5, 0.6) is 0 Å². The van der Waals surface area contributed by atoms with E-state index < -0.39 is 0 Å². The van der Waals surface area contributed by atoms with E-state index in [0.29, 0.717) is 11.5 Å². The lowest BCUT2D eigenvalue weighted by Crippen LogP contribution is -2.32. The molecule has 0 amide bonds. The van der Waals surface area contributed by atoms with Gasteiger partial charge in [-0.05, 0) is 24.7 Å². The van der Waals surface area contributed by atoms with Crippen LogP contribution in [0.1, 0.15) is 66.1 Å². The Hall–Kier alpha value is -1.32. The van der Waals surface area contributed by atoms with Crippen molar-refractivity contribution < 1.29 is 0 Å². The number of nitrogens with one attached hydrogen (secondary N) is 2. The van der Waals surface area contributed by atoms with Crippen LogP contribution in [0, 0.1) is 5.41 Å². The fourth-order valence-electron chi connectivity index (χ4n) is 3.02. The average Bonchev–Trinajstić information content (AvgIpc) is 2.36. The molecule has 1 saturated carbocycles. The Balaban J connectivity index is 2.19. The van der Waals surface area contributed by atoms with Gasteiger partial charge in [-0.25, -0.2) is 9.97 Å². The Bertz CT molecular complexity index is 488. The molecule has 1 unspecified atom stereocenters. The highest BCUT2D eigenvalue weighted by molar-refractivity contribution is 5.48. The molecule has 0 spiro atoms. The number of hydrogen-bond acceptors (Lipinski definition) is 4. The molecule has 1 fully saturated rings. The first-order valence-corrected chi connectivity index (χ1v) is 8.03. The monoisotopic (exact) mass is 290 g/mol. The maximum absolute atomic E-state index is 4.73. The number of aromatic nitrogens is 2. The summed E-state index contributed by atoms with van der Waals surface area (Å²) in [7, 11) is 1.91. The van der Waals surface area contributed by atoms with Gasteiger partial charge in [-0.3, -0.25) is 0 Å². The Morgan fingerprint density at radius 3 is 2.43 bits per heavy atom. The molecular formula is C17H30N4. The van der Waals surface area contributed by atoms with E-state index in [0.717, 1.165) is 17.5 Å². The normalized spacial score (nSPS) is 21.9. The van der Waals surface area contributed by atoms with Crippen molar-refractivity contribution in [2.75, 3.05) is 17.7 Å². The van der Waals surface area contributed by atoms with Crippen molar-refractivity contribution in [3.63, 3.8) is 0 Å². The van der Waals surface area contributed by atoms with Crippen LogP contribution in [0.3, 0.4) is 0 Å². The summed E-state index contributed by atoms with van der Waals surface area (Å²) in [5, 5.41) is 6.77. The zero-order chi connectivity index (χ0) is 15.7. The molecule has 1 aliphatic rings. The Labute approximate surface area is 129 Å². The van der Waals surface area contributed by atoms with Gasteiger partial charge >= 0.3 is 0 Å². The van der Waals surface area contributed by atoms with E-state index in [2.05, 4.69) is 50.2 Å². The molecule has 2 rings (SSSR count). The smallest absolute Gasteiger partial charge is 0.138 e. The van der Waals surface area contributed by atoms with E-state index >= 15 is 0 Å². The SMILES string of the molecule is CNc1cc(NC2CCCC(C)(C)C2)nc(C(C)(C)C)n1. The maximum Gasteiger partial charge on any atom is 0.138 e. The molecule has 1 aromatic heterocycles. The Morgan fingerprint density at radius 2 is 1.86 bits per heavy atom. The van der Waals surface area contributed by atoms with Gasteiger partial charge in [0.25, 0.3) is 0 Å². The molecule has 0 radical (unpaired) electrons. The second-order valence-electron chi connectivity index (χ2n) is 8.06. The van der Waals surface area contributed by atoms with Crippen LogP contribution in [-0.4, -0.2) is 23.1 Å². The molecule has 0 bridgehead atoms. The predicted octanol–water partition coefficient (Wildman–Crippen LogP) is 4.20. The third-order valence-electron chi connectivity index (χ3n) is 4.21. The fourth-order valence-corrected chi connectivity index (χ4v) is 3.02. The van der Waals surface area contributed by atoms with E-state index in [1.807, 2.05) is 13.1 Å². The molecule has 118 valence electrons. The van der Waals surface area contributed by atoms with Gasteiger partial charge < -0.3 is 10.6 Å². The van der Waals surface area contributed by atoms with Crippen LogP contribution in [-0.2, 0) is 5.41 Å². The third-order valence-corrected chi connectivity index (χ3v) is 4.21. The average molecular weight is 290 g/mol. The lowest BCUT2D eigenvalue weighted by atomic mass is 9.75. The molecular weight excluding hydrogens is 260 g/mol. The Morgan fingerprint density at radius 1 is 1.19 bits per heavy atom. The fraction of sp³-hybridized carbons (Fsp3) is 0.765. The van der Waals surface area contributed by atoms with Gasteiger partial charge in [-0.2, -0.15) is 0 Å². The summed E-state index contributed by atoms with van der Waals surface area (Å²) < 4.78 is 0. The standard InChI is InChI=1S/C17H30N4/c1-16(2,3)15-20-13(18-6)10-14(21-15)19-12-8-7-9-17(4,5)11-12/h10,12H,7-9,11H2,1-6H3,(H2,18,19,20,21). The van der Waals surface area contributed by atoms with Gasteiger partial charge in [0.1, 0.15) is 17.5 Å². The van der Waals surface area contributed by atoms with Gasteiger partial charge in [0.15, 0.2) is 0 Å². The van der Waals surface area contributed by atoms with Crippen molar-refractivity contribution >= 4 is 11.6 Å². The first kappa shape index (κ1) is 16.1. The summed E-state index contributed by atoms with van der Waals surface area (Å²) >= 11 is 0. The minimum atomic E-state index is -0.0465. The molecule has 1 heterocycles. The predicted molar refractivity (Wildman–Crippen MR) is 89.9 cm³/mol. The van der Waals surface area contributed by atoms with E-state index in [1.54, 1.807) is 0 Å². The molecule has 4 heteroatoms. The van der Waals surface area contributed by atoms with Crippen molar-refractivity contribution in [2.24, 2.45) is 5.41 Å². The first-order chi connectivity index (χ1) is 9.69. The van der Waals surface area contributed by atoms with Crippen LogP contribution in [0.25, 0.3) is 0 Å². The topological polar surface area (TPSA) is 49.8 Å². The van der Waals surface area contributed by atoms with Gasteiger partial charge in [0.05, 0.1) is 0 Å². The summed E-state index contributed by atoms with van der Waals surface area (Å²) in [6.45, 7) is 11.2. The highest BCUT2D eigenvalue weighted by atomic mass is 15.1. The van der Waals surface area contributed by atoms with Gasteiger partial charge in [-0.15, -0.1) is 0 Å². The first-order valence-electron chi connectivity index (χ1n) is 8.03. The second-order valence-corrected chi connectivity index (χ2v) is 8.06. The maximum atomic E-state index is 4.73. The van der Waals surface area contributed by atoms with Crippen molar-refractivity contribution in [1.29, 1.82) is 0 Å². The summed E-state index contributed by atoms with van der Waals surface area (Å²) in [6.07, 6.45) is 5.05. The minimum absolute atomic E-state index is 0.0465. The van der Waals surface area contributed by atoms with Gasteiger partial charge in [-0.1, -0.05) is 41.0 Å². The van der Waals surface area contributed by atoms with E-state index in [1.165, 1.54) is 25.7 Å². The number of rotatable bonds is 3. The molecule has 0 aliphatic heterocycles. The summed E-state index contributed by atoms with van der Waals surface area (Å²) in [6, 6.07) is 2.53. The number of hydrogen-bond donors (Lipinski definition) is 2. The molecule has 2 N–H and O–H groups in total. The Kier molecular flexibility index (Phi) is 4.45. The molecule has 1 aromatic rings. The van der Waals surface area contributed by atoms with Crippen molar-refractivity contribution in [1.82, 2.24) is 9.97 Å². The molecule has 21 heavy (non-hydrogen) atoms. The van der Waals surface area contributed by atoms with Crippen LogP contribution < -0.4 is 10.6 Å². The second kappa shape index (κ2) is 5.82. The zero-order valence-corrected chi connectivity index (χ0v) is 14.4. The molecule has 1 atom stereocenters. The molecule has 0 saturated heterocycles. The largest absolute Gasteiger partial charge is 0.373 e. The van der Waals surface area contributed by atoms with Crippen LogP contribution in [0.2, 0.25) is 0 Å². The van der Waals surface area contributed by atoms with Gasteiger partial charge in [0, 0.05) is 24.6 Å². The minimum Gasteiger partial charge on any atom is -0.373 e. The lowest BCUT2D eigenvalue weighted by molar-refractivity contribution is 0.229. The molecule has 4 nitrogen and oxygen atoms in total. The van der Waals surface area contributed by atoms with Crippen molar-refractivity contribution in [3.05, 3.63) is 11.9 Å². The van der Waals surface area contributed by atoms with Crippen molar-refractivity contribution in [2.45, 2.75) is 71.8 Å². The lowest BCUT2D eigenvalue weighted by Gasteiger charge is -2.36. The van der Waals surface area contributed by atoms with E-state index in [9.17, 15) is 0 Å². The highest BCUT2D eigenvalue weighted by Crippen LogP contribution is 2.36. The number of anilines is 2. The quantitative estimate of drug-likeness (QED) is 0.876. The zero-order valence-electron chi connectivity index (χ0n) is 14.4. The van der Waals surface area contributed by atoms with E-state index in [-0.39, 0.29) is 5.41 Å². The van der Waals surface area contributed by atoms with Gasteiger partial charge in [0.2, 0.25) is 0 Å². The van der Waals surface area contributed by atoms with Crippen LogP contribution >= 0.6 is 0 Å². The van der Waals surface area contributed by atoms with Crippen LogP contribution in [0.4, 0.5) is 11.6 Å². The summed E-state index contributed by atoms with van der Waals surface area (Å²) in [5.41, 5.74) is 0.386. The summed E-state index contributed by atoms with van der Waals surface area (Å²) in [4.78, 5) is 9.31. The van der Waals surface area contributed by atoms with Crippen LogP contribution in [0.15, 0.2) is 6.07 Å². The van der Waals surface area contributed by atoms with E-state index in [4.69, 9.17) is 4.98 Å². The van der Waals surface area contributed by atoms with Crippen molar-refractivity contribution in [3.8, 4) is 0 Å². The highest BCUT2D eigenvalue weighted by Gasteiger charge is 2.28.